The number of nitrogens with one attached hydrogen (secondary N) is 1. The third kappa shape index (κ3) is 5.96. The molecule has 13 heteroatoms. The molecule has 3 amide bonds. The molecule has 1 aliphatic heterocycles. The van der Waals surface area contributed by atoms with Crippen molar-refractivity contribution in [3.8, 4) is 11.1 Å². The second-order valence-corrected chi connectivity index (χ2v) is 10.6. The number of rotatable bonds is 8. The van der Waals surface area contributed by atoms with Gasteiger partial charge in [0.1, 0.15) is 10.4 Å². The van der Waals surface area contributed by atoms with Gasteiger partial charge in [-0.25, -0.2) is 13.6 Å². The molecule has 0 saturated carbocycles. The summed E-state index contributed by atoms with van der Waals surface area (Å²) in [6.07, 6.45) is 1.05. The molecular formula is C25H17F2N3O5S3. The van der Waals surface area contributed by atoms with Crippen LogP contribution in [0.3, 0.4) is 0 Å². The molecule has 4 N–H and O–H groups in total. The molecule has 2 heterocycles. The molecule has 4 rings (SSSR count). The number of anilines is 1. The fraction of sp³-hybridized carbons (Fsp3) is 0.0800. The van der Waals surface area contributed by atoms with Crippen molar-refractivity contribution in [2.24, 2.45) is 5.73 Å². The van der Waals surface area contributed by atoms with E-state index in [1.165, 1.54) is 41.7 Å². The van der Waals surface area contributed by atoms with Crippen LogP contribution in [-0.2, 0) is 14.4 Å². The van der Waals surface area contributed by atoms with E-state index >= 15 is 0 Å². The molecule has 194 valence electrons. The molecule has 1 saturated heterocycles. The molecule has 38 heavy (non-hydrogen) atoms. The van der Waals surface area contributed by atoms with Gasteiger partial charge in [0, 0.05) is 10.6 Å². The van der Waals surface area contributed by atoms with Crippen molar-refractivity contribution in [3.05, 3.63) is 80.9 Å². The number of carboxylic acid groups (broad SMARTS) is 1. The molecule has 1 aromatic heterocycles. The lowest BCUT2D eigenvalue weighted by Gasteiger charge is -2.25. The van der Waals surface area contributed by atoms with Crippen LogP contribution in [0.1, 0.15) is 21.7 Å². The van der Waals surface area contributed by atoms with Crippen LogP contribution >= 0.6 is 35.3 Å². The Morgan fingerprint density at radius 2 is 1.79 bits per heavy atom. The summed E-state index contributed by atoms with van der Waals surface area (Å²) < 4.78 is 26.9. The highest BCUT2D eigenvalue weighted by molar-refractivity contribution is 8.26. The Morgan fingerprint density at radius 3 is 2.42 bits per heavy atom. The summed E-state index contributed by atoms with van der Waals surface area (Å²) in [5.41, 5.74) is 6.68. The molecule has 8 nitrogen and oxygen atoms in total. The van der Waals surface area contributed by atoms with Gasteiger partial charge in [-0.05, 0) is 65.0 Å². The number of benzene rings is 2. The summed E-state index contributed by atoms with van der Waals surface area (Å²) in [6, 6.07) is 9.21. The van der Waals surface area contributed by atoms with Crippen LogP contribution in [0.25, 0.3) is 17.2 Å². The topological polar surface area (TPSA) is 130 Å². The van der Waals surface area contributed by atoms with E-state index in [9.17, 15) is 28.0 Å². The number of halogens is 2. The van der Waals surface area contributed by atoms with Crippen molar-refractivity contribution in [3.63, 3.8) is 0 Å². The Balaban J connectivity index is 1.55. The summed E-state index contributed by atoms with van der Waals surface area (Å²) in [5.74, 6) is -5.25. The van der Waals surface area contributed by atoms with Crippen molar-refractivity contribution in [2.75, 3.05) is 5.32 Å². The van der Waals surface area contributed by atoms with E-state index in [0.29, 0.717) is 16.0 Å². The zero-order valence-corrected chi connectivity index (χ0v) is 21.6. The van der Waals surface area contributed by atoms with E-state index in [1.54, 1.807) is 17.5 Å². The molecule has 0 bridgehead atoms. The Bertz CT molecular complexity index is 1500. The largest absolute Gasteiger partial charge is 0.478 e. The number of carboxylic acids is 1. The van der Waals surface area contributed by atoms with Gasteiger partial charge < -0.3 is 16.2 Å². The molecular weight excluding hydrogens is 556 g/mol. The predicted octanol–water partition coefficient (Wildman–Crippen LogP) is 4.48. The zero-order chi connectivity index (χ0) is 27.6. The van der Waals surface area contributed by atoms with Crippen molar-refractivity contribution in [1.29, 1.82) is 0 Å². The van der Waals surface area contributed by atoms with E-state index in [1.807, 2.05) is 0 Å². The van der Waals surface area contributed by atoms with Crippen LogP contribution in [0.2, 0.25) is 0 Å². The van der Waals surface area contributed by atoms with Gasteiger partial charge >= 0.3 is 5.97 Å². The average molecular weight is 574 g/mol. The molecule has 2 aromatic carbocycles. The fourth-order valence-corrected chi connectivity index (χ4v) is 5.82. The number of primary amides is 1. The van der Waals surface area contributed by atoms with Crippen LogP contribution in [0.4, 0.5) is 14.5 Å². The highest BCUT2D eigenvalue weighted by Gasteiger charge is 2.41. The lowest BCUT2D eigenvalue weighted by molar-refractivity contribution is -0.132. The van der Waals surface area contributed by atoms with Crippen LogP contribution in [0, 0.1) is 11.6 Å². The first-order valence-electron chi connectivity index (χ1n) is 10.8. The van der Waals surface area contributed by atoms with Crippen molar-refractivity contribution in [1.82, 2.24) is 4.90 Å². The number of aromatic carboxylic acids is 1. The quantitative estimate of drug-likeness (QED) is 0.268. The maximum absolute atomic E-state index is 13.6. The van der Waals surface area contributed by atoms with Gasteiger partial charge in [0.2, 0.25) is 11.8 Å². The van der Waals surface area contributed by atoms with Gasteiger partial charge in [-0.15, -0.1) is 11.3 Å². The predicted molar refractivity (Wildman–Crippen MR) is 144 cm³/mol. The maximum atomic E-state index is 13.6. The third-order valence-corrected chi connectivity index (χ3v) is 7.59. The first-order chi connectivity index (χ1) is 18.0. The Hall–Kier alpha value is -3.94. The fourth-order valence-electron chi connectivity index (χ4n) is 3.55. The second-order valence-electron chi connectivity index (χ2n) is 7.98. The first kappa shape index (κ1) is 27.1. The van der Waals surface area contributed by atoms with Gasteiger partial charge in [0.15, 0.2) is 11.6 Å². The average Bonchev–Trinajstić information content (AvgIpc) is 3.43. The minimum absolute atomic E-state index is 0.0139. The number of hydrogen-bond donors (Lipinski definition) is 3. The lowest BCUT2D eigenvalue weighted by Crippen LogP contribution is -2.48. The van der Waals surface area contributed by atoms with Gasteiger partial charge in [0.25, 0.3) is 5.91 Å². The number of amides is 3. The molecule has 0 radical (unpaired) electrons. The number of carbonyl (C=O) groups excluding carboxylic acids is 3. The summed E-state index contributed by atoms with van der Waals surface area (Å²) in [5, 5.41) is 13.3. The Morgan fingerprint density at radius 1 is 1.08 bits per heavy atom. The zero-order valence-electron chi connectivity index (χ0n) is 19.1. The number of hydrogen-bond acceptors (Lipinski definition) is 7. The van der Waals surface area contributed by atoms with Gasteiger partial charge in [0.05, 0.1) is 16.9 Å². The molecule has 0 spiro atoms. The normalized spacial score (nSPS) is 15.1. The molecule has 0 unspecified atom stereocenters. The standard InChI is InChI=1S/C25H17F2N3O5S3/c26-17-6-3-13(8-18(17)27)14-7-16(37-11-14)9-20-23(33)30(25(36)38-20)19(10-21(28)31)22(32)29-15-4-1-12(2-5-15)24(34)35/h1-9,11,19H,10H2,(H2,28,31)(H,29,32)(H,34,35)/t19-/m1/s1. The van der Waals surface area contributed by atoms with E-state index in [-0.39, 0.29) is 20.5 Å². The summed E-state index contributed by atoms with van der Waals surface area (Å²) >= 11 is 7.53. The molecule has 1 atom stereocenters. The number of carbonyl (C=O) groups is 4. The lowest BCUT2D eigenvalue weighted by atomic mass is 10.1. The van der Waals surface area contributed by atoms with E-state index in [2.05, 4.69) is 5.32 Å². The van der Waals surface area contributed by atoms with Crippen LogP contribution in [-0.4, -0.2) is 44.1 Å². The van der Waals surface area contributed by atoms with Gasteiger partial charge in [-0.3, -0.25) is 19.3 Å². The number of nitrogens with zero attached hydrogens (tertiary/aromatic N) is 1. The molecule has 0 aliphatic carbocycles. The SMILES string of the molecule is NC(=O)C[C@H](C(=O)Nc1ccc(C(=O)O)cc1)N1C(=O)C(=Cc2cc(-c3ccc(F)c(F)c3)cs2)SC1=S. The number of thiocarbonyl (C=S) groups is 1. The van der Waals surface area contributed by atoms with E-state index < -0.39 is 47.8 Å². The summed E-state index contributed by atoms with van der Waals surface area (Å²) in [6.45, 7) is 0. The highest BCUT2D eigenvalue weighted by atomic mass is 32.2. The van der Waals surface area contributed by atoms with Crippen LogP contribution in [0.15, 0.2) is 58.8 Å². The summed E-state index contributed by atoms with van der Waals surface area (Å²) in [4.78, 5) is 50.9. The van der Waals surface area contributed by atoms with Crippen molar-refractivity contribution in [2.45, 2.75) is 12.5 Å². The number of thioether (sulfide) groups is 1. The highest BCUT2D eigenvalue weighted by Crippen LogP contribution is 2.37. The van der Waals surface area contributed by atoms with Gasteiger partial charge in [-0.2, -0.15) is 0 Å². The summed E-state index contributed by atoms with van der Waals surface area (Å²) in [7, 11) is 0. The second kappa shape index (κ2) is 11.2. The maximum Gasteiger partial charge on any atom is 0.335 e. The number of thiophene rings is 1. The molecule has 1 fully saturated rings. The number of nitrogens with two attached hydrogens (primary N) is 1. The van der Waals surface area contributed by atoms with Crippen molar-refractivity contribution >= 4 is 75.1 Å². The van der Waals surface area contributed by atoms with Crippen LogP contribution < -0.4 is 11.1 Å². The Kier molecular flexibility index (Phi) is 7.99. The smallest absolute Gasteiger partial charge is 0.335 e. The van der Waals surface area contributed by atoms with E-state index in [0.717, 1.165) is 28.8 Å². The van der Waals surface area contributed by atoms with Crippen molar-refractivity contribution < 1.29 is 33.1 Å². The molecule has 3 aromatic rings. The molecule has 1 aliphatic rings. The third-order valence-electron chi connectivity index (χ3n) is 5.38. The minimum Gasteiger partial charge on any atom is -0.478 e. The minimum atomic E-state index is -1.34. The van der Waals surface area contributed by atoms with Gasteiger partial charge in [-0.1, -0.05) is 30.0 Å². The van der Waals surface area contributed by atoms with E-state index in [4.69, 9.17) is 23.1 Å². The first-order valence-corrected chi connectivity index (χ1v) is 12.9. The van der Waals surface area contributed by atoms with Crippen LogP contribution in [0.5, 0.6) is 0 Å². The monoisotopic (exact) mass is 573 g/mol. The Labute approximate surface area is 228 Å².